The summed E-state index contributed by atoms with van der Waals surface area (Å²) in [5.74, 6) is -0.221. The molecular weight excluding hydrogens is 167 g/mol. The quantitative estimate of drug-likeness (QED) is 0.672. The fourth-order valence-electron chi connectivity index (χ4n) is 0.678. The molecule has 11 heavy (non-hydrogen) atoms. The molecule has 0 saturated heterocycles. The highest BCUT2D eigenvalue weighted by Gasteiger charge is 1.88. The molecule has 62 valence electrons. The number of hydrogen-bond donors (Lipinski definition) is 2. The standard InChI is InChI=1S/C7H9FN2.ClH/c1-9-10-7-4-2-6(8)3-5-7;/h2-5,9-10H,1H3;1H. The van der Waals surface area contributed by atoms with E-state index in [2.05, 4.69) is 10.9 Å². The smallest absolute Gasteiger partial charge is 0.123 e. The average molecular weight is 177 g/mol. The maximum Gasteiger partial charge on any atom is 0.123 e. The normalized spacial score (nSPS) is 8.55. The second-order valence-electron chi connectivity index (χ2n) is 1.88. The molecular formula is C7H10ClFN2. The van der Waals surface area contributed by atoms with Gasteiger partial charge in [0.15, 0.2) is 0 Å². The van der Waals surface area contributed by atoms with Crippen molar-refractivity contribution in [2.45, 2.75) is 0 Å². The second kappa shape index (κ2) is 4.93. The topological polar surface area (TPSA) is 24.1 Å². The van der Waals surface area contributed by atoms with Gasteiger partial charge in [-0.25, -0.2) is 9.82 Å². The lowest BCUT2D eigenvalue weighted by atomic mass is 10.3. The molecule has 0 atom stereocenters. The van der Waals surface area contributed by atoms with Crippen LogP contribution in [0.3, 0.4) is 0 Å². The Balaban J connectivity index is 0.000001000. The molecule has 0 fully saturated rings. The van der Waals surface area contributed by atoms with E-state index in [1.165, 1.54) is 12.1 Å². The summed E-state index contributed by atoms with van der Waals surface area (Å²) < 4.78 is 12.3. The largest absolute Gasteiger partial charge is 0.322 e. The first kappa shape index (κ1) is 10.2. The van der Waals surface area contributed by atoms with Crippen LogP contribution >= 0.6 is 12.4 Å². The summed E-state index contributed by atoms with van der Waals surface area (Å²) in [7, 11) is 1.75. The van der Waals surface area contributed by atoms with Gasteiger partial charge in [0.1, 0.15) is 5.82 Å². The number of anilines is 1. The van der Waals surface area contributed by atoms with Gasteiger partial charge in [0.05, 0.1) is 0 Å². The van der Waals surface area contributed by atoms with E-state index >= 15 is 0 Å². The number of halogens is 2. The van der Waals surface area contributed by atoms with Crippen molar-refractivity contribution in [3.05, 3.63) is 30.1 Å². The van der Waals surface area contributed by atoms with Crippen LogP contribution in [0.15, 0.2) is 24.3 Å². The molecule has 0 aromatic heterocycles. The Kier molecular flexibility index (Phi) is 4.57. The molecule has 0 radical (unpaired) electrons. The van der Waals surface area contributed by atoms with Crippen LogP contribution in [0.4, 0.5) is 10.1 Å². The summed E-state index contributed by atoms with van der Waals surface area (Å²) in [4.78, 5) is 0. The molecule has 0 saturated carbocycles. The Labute approximate surface area is 71.2 Å². The predicted molar refractivity (Wildman–Crippen MR) is 46.3 cm³/mol. The highest BCUT2D eigenvalue weighted by molar-refractivity contribution is 5.85. The van der Waals surface area contributed by atoms with E-state index in [1.807, 2.05) is 0 Å². The Hall–Kier alpha value is -0.800. The summed E-state index contributed by atoms with van der Waals surface area (Å²) in [6, 6.07) is 6.12. The molecule has 1 aromatic carbocycles. The Morgan fingerprint density at radius 1 is 1.18 bits per heavy atom. The fourth-order valence-corrected chi connectivity index (χ4v) is 0.678. The number of nitrogens with one attached hydrogen (secondary N) is 2. The van der Waals surface area contributed by atoms with Crippen molar-refractivity contribution in [3.63, 3.8) is 0 Å². The summed E-state index contributed by atoms with van der Waals surface area (Å²) in [6.45, 7) is 0. The van der Waals surface area contributed by atoms with E-state index in [-0.39, 0.29) is 18.2 Å². The lowest BCUT2D eigenvalue weighted by Crippen LogP contribution is -2.14. The molecule has 0 aliphatic heterocycles. The van der Waals surface area contributed by atoms with Gasteiger partial charge >= 0.3 is 0 Å². The first-order chi connectivity index (χ1) is 4.83. The lowest BCUT2D eigenvalue weighted by molar-refractivity contribution is 0.628. The van der Waals surface area contributed by atoms with Crippen LogP contribution in [0.1, 0.15) is 0 Å². The molecule has 1 rings (SSSR count). The van der Waals surface area contributed by atoms with Crippen molar-refractivity contribution in [1.29, 1.82) is 0 Å². The van der Waals surface area contributed by atoms with Gasteiger partial charge in [-0.05, 0) is 24.3 Å². The minimum absolute atomic E-state index is 0. The van der Waals surface area contributed by atoms with Crippen molar-refractivity contribution in [2.24, 2.45) is 0 Å². The van der Waals surface area contributed by atoms with Gasteiger partial charge in [0.2, 0.25) is 0 Å². The monoisotopic (exact) mass is 176 g/mol. The van der Waals surface area contributed by atoms with E-state index in [0.717, 1.165) is 5.69 Å². The average Bonchev–Trinajstić information content (AvgIpc) is 1.95. The number of rotatable bonds is 2. The van der Waals surface area contributed by atoms with Crippen LogP contribution in [-0.4, -0.2) is 7.05 Å². The third-order valence-electron chi connectivity index (χ3n) is 1.11. The summed E-state index contributed by atoms with van der Waals surface area (Å²) in [5, 5.41) is 0. The Bertz CT molecular complexity index is 200. The summed E-state index contributed by atoms with van der Waals surface area (Å²) in [6.07, 6.45) is 0. The molecule has 0 aliphatic carbocycles. The van der Waals surface area contributed by atoms with Crippen molar-refractivity contribution in [2.75, 3.05) is 12.5 Å². The molecule has 0 unspecified atom stereocenters. The summed E-state index contributed by atoms with van der Waals surface area (Å²) in [5.41, 5.74) is 6.40. The molecule has 0 heterocycles. The van der Waals surface area contributed by atoms with E-state index in [9.17, 15) is 4.39 Å². The van der Waals surface area contributed by atoms with Crippen molar-refractivity contribution in [1.82, 2.24) is 5.43 Å². The highest BCUT2D eigenvalue weighted by Crippen LogP contribution is 2.05. The maximum atomic E-state index is 12.3. The number of hydrazine groups is 1. The van der Waals surface area contributed by atoms with Crippen LogP contribution in [0, 0.1) is 5.82 Å². The molecule has 0 aliphatic rings. The van der Waals surface area contributed by atoms with Crippen LogP contribution in [0.5, 0.6) is 0 Å². The van der Waals surface area contributed by atoms with Gasteiger partial charge in [0, 0.05) is 12.7 Å². The lowest BCUT2D eigenvalue weighted by Gasteiger charge is -2.01. The van der Waals surface area contributed by atoms with Crippen molar-refractivity contribution >= 4 is 18.1 Å². The molecule has 1 aromatic rings. The third-order valence-corrected chi connectivity index (χ3v) is 1.11. The van der Waals surface area contributed by atoms with Crippen molar-refractivity contribution < 1.29 is 4.39 Å². The zero-order valence-electron chi connectivity index (χ0n) is 6.10. The Morgan fingerprint density at radius 3 is 2.18 bits per heavy atom. The second-order valence-corrected chi connectivity index (χ2v) is 1.88. The highest BCUT2D eigenvalue weighted by atomic mass is 35.5. The molecule has 0 bridgehead atoms. The minimum Gasteiger partial charge on any atom is -0.322 e. The van der Waals surface area contributed by atoms with Crippen LogP contribution in [0.25, 0.3) is 0 Å². The first-order valence-electron chi connectivity index (χ1n) is 3.01. The maximum absolute atomic E-state index is 12.3. The SMILES string of the molecule is CNNc1ccc(F)cc1.Cl. The van der Waals surface area contributed by atoms with E-state index in [4.69, 9.17) is 0 Å². The predicted octanol–water partition coefficient (Wildman–Crippen LogP) is 1.79. The van der Waals surface area contributed by atoms with Gasteiger partial charge in [-0.2, -0.15) is 0 Å². The number of benzene rings is 1. The zero-order valence-corrected chi connectivity index (χ0v) is 6.91. The molecule has 0 spiro atoms. The molecule has 2 N–H and O–H groups in total. The first-order valence-corrected chi connectivity index (χ1v) is 3.01. The van der Waals surface area contributed by atoms with Crippen LogP contribution < -0.4 is 10.9 Å². The van der Waals surface area contributed by atoms with Crippen molar-refractivity contribution in [3.8, 4) is 0 Å². The molecule has 4 heteroatoms. The van der Waals surface area contributed by atoms with Gasteiger partial charge in [-0.3, -0.25) is 0 Å². The third kappa shape index (κ3) is 3.20. The minimum atomic E-state index is -0.221. The zero-order chi connectivity index (χ0) is 7.40. The van der Waals surface area contributed by atoms with Gasteiger partial charge in [-0.15, -0.1) is 12.4 Å². The molecule has 0 amide bonds. The van der Waals surface area contributed by atoms with Gasteiger partial charge in [0.25, 0.3) is 0 Å². The van der Waals surface area contributed by atoms with Gasteiger partial charge in [-0.1, -0.05) is 0 Å². The van der Waals surface area contributed by atoms with E-state index in [1.54, 1.807) is 19.2 Å². The van der Waals surface area contributed by atoms with Gasteiger partial charge < -0.3 is 5.43 Å². The van der Waals surface area contributed by atoms with E-state index < -0.39 is 0 Å². The fraction of sp³-hybridized carbons (Fsp3) is 0.143. The molecule has 2 nitrogen and oxygen atoms in total. The van der Waals surface area contributed by atoms with E-state index in [0.29, 0.717) is 0 Å². The Morgan fingerprint density at radius 2 is 1.73 bits per heavy atom. The number of hydrogen-bond acceptors (Lipinski definition) is 2. The summed E-state index contributed by atoms with van der Waals surface area (Å²) >= 11 is 0. The van der Waals surface area contributed by atoms with Crippen LogP contribution in [-0.2, 0) is 0 Å². The van der Waals surface area contributed by atoms with Crippen LogP contribution in [0.2, 0.25) is 0 Å².